The predicted octanol–water partition coefficient (Wildman–Crippen LogP) is 3.86. The average Bonchev–Trinajstić information content (AvgIpc) is 3.18. The number of fused-ring (bicyclic) bond motifs is 1. The van der Waals surface area contributed by atoms with E-state index in [1.165, 1.54) is 12.0 Å². The summed E-state index contributed by atoms with van der Waals surface area (Å²) >= 11 is 0. The van der Waals surface area contributed by atoms with Gasteiger partial charge in [-0.05, 0) is 41.5 Å². The third-order valence-electron chi connectivity index (χ3n) is 6.38. The molecule has 8 heteroatoms. The fraction of sp³-hybridized carbons (Fsp3) is 0.143. The van der Waals surface area contributed by atoms with Crippen LogP contribution in [-0.4, -0.2) is 40.3 Å². The fourth-order valence-electron chi connectivity index (χ4n) is 4.47. The molecule has 8 nitrogen and oxygen atoms in total. The van der Waals surface area contributed by atoms with E-state index >= 15 is 0 Å². The highest BCUT2D eigenvalue weighted by molar-refractivity contribution is 6.09. The van der Waals surface area contributed by atoms with Crippen molar-refractivity contribution in [1.29, 1.82) is 0 Å². The van der Waals surface area contributed by atoms with Crippen LogP contribution in [0, 0.1) is 0 Å². The van der Waals surface area contributed by atoms with Crippen LogP contribution in [0.25, 0.3) is 22.0 Å². The molecule has 1 aliphatic heterocycles. The number of pyridine rings is 1. The number of carbonyl (C=O) groups excluding carboxylic acids is 2. The van der Waals surface area contributed by atoms with Crippen LogP contribution in [0.15, 0.2) is 89.9 Å². The Kier molecular flexibility index (Phi) is 5.95. The number of carbonyl (C=O) groups is 2. The quantitative estimate of drug-likeness (QED) is 0.196. The maximum Gasteiger partial charge on any atom is 0.262 e. The Hall–Kier alpha value is -4.56. The molecule has 0 radical (unpaired) electrons. The van der Waals surface area contributed by atoms with Crippen LogP contribution in [0.5, 0.6) is 5.88 Å². The second kappa shape index (κ2) is 9.24. The van der Waals surface area contributed by atoms with Crippen molar-refractivity contribution >= 4 is 29.0 Å². The number of ether oxygens (including phenoxy) is 1. The van der Waals surface area contributed by atoms with Gasteiger partial charge in [-0.25, -0.2) is 20.8 Å². The molecular formula is C28H25N5O3. The third-order valence-corrected chi connectivity index (χ3v) is 6.38. The zero-order valence-corrected chi connectivity index (χ0v) is 20.0. The maximum absolute atomic E-state index is 13.8. The molecule has 0 saturated heterocycles. The smallest absolute Gasteiger partial charge is 0.262 e. The van der Waals surface area contributed by atoms with E-state index in [1.54, 1.807) is 13.0 Å². The van der Waals surface area contributed by atoms with Crippen molar-refractivity contribution in [2.45, 2.75) is 19.0 Å². The molecular weight excluding hydrogens is 454 g/mol. The number of benzene rings is 3. The van der Waals surface area contributed by atoms with Crippen LogP contribution in [-0.2, 0) is 21.7 Å². The van der Waals surface area contributed by atoms with Gasteiger partial charge in [-0.15, -0.1) is 0 Å². The predicted molar refractivity (Wildman–Crippen MR) is 138 cm³/mol. The zero-order valence-electron chi connectivity index (χ0n) is 20.0. The number of aliphatic imine (C=N–C) groups is 1. The fourth-order valence-corrected chi connectivity index (χ4v) is 4.47. The van der Waals surface area contributed by atoms with Crippen molar-refractivity contribution < 1.29 is 14.3 Å². The summed E-state index contributed by atoms with van der Waals surface area (Å²) in [6.07, 6.45) is 0.425. The van der Waals surface area contributed by atoms with Crippen LogP contribution < -0.4 is 10.6 Å². The molecule has 1 aromatic heterocycles. The lowest BCUT2D eigenvalue weighted by atomic mass is 9.92. The molecule has 0 spiro atoms. The number of nitrogens with zero attached hydrogens (tertiary/aromatic N) is 4. The summed E-state index contributed by atoms with van der Waals surface area (Å²) in [6.45, 7) is 1.88. The number of nitrogens with two attached hydrogens (primary N) is 1. The van der Waals surface area contributed by atoms with Gasteiger partial charge in [0, 0.05) is 5.56 Å². The van der Waals surface area contributed by atoms with Crippen molar-refractivity contribution in [3.05, 3.63) is 96.1 Å². The molecule has 0 saturated carbocycles. The van der Waals surface area contributed by atoms with Gasteiger partial charge in [0.15, 0.2) is 5.54 Å². The van der Waals surface area contributed by atoms with Gasteiger partial charge in [0.05, 0.1) is 24.9 Å². The molecule has 36 heavy (non-hydrogen) atoms. The molecule has 180 valence electrons. The molecule has 0 aliphatic carbocycles. The summed E-state index contributed by atoms with van der Waals surface area (Å²) < 4.78 is 5.63. The Morgan fingerprint density at radius 2 is 1.72 bits per heavy atom. The molecule has 0 fully saturated rings. The number of amides is 2. The van der Waals surface area contributed by atoms with Crippen molar-refractivity contribution in [2.75, 3.05) is 7.11 Å². The largest absolute Gasteiger partial charge is 0.481 e. The van der Waals surface area contributed by atoms with Crippen LogP contribution >= 0.6 is 0 Å². The van der Waals surface area contributed by atoms with E-state index in [9.17, 15) is 9.59 Å². The van der Waals surface area contributed by atoms with Gasteiger partial charge in [0.25, 0.3) is 5.91 Å². The van der Waals surface area contributed by atoms with E-state index in [0.717, 1.165) is 26.9 Å². The lowest BCUT2D eigenvalue weighted by Crippen LogP contribution is -2.47. The van der Waals surface area contributed by atoms with E-state index in [1.807, 2.05) is 66.7 Å². The number of hydrogen-bond donors (Lipinski definition) is 1. The summed E-state index contributed by atoms with van der Waals surface area (Å²) in [5, 5.41) is 3.05. The second-order valence-electron chi connectivity index (χ2n) is 8.69. The topological polar surface area (TPSA) is 101 Å². The molecule has 2 amide bonds. The summed E-state index contributed by atoms with van der Waals surface area (Å²) in [4.78, 5) is 36.0. The van der Waals surface area contributed by atoms with E-state index < -0.39 is 5.54 Å². The number of hydrogen-bond acceptors (Lipinski definition) is 6. The van der Waals surface area contributed by atoms with Crippen molar-refractivity contribution in [3.63, 3.8) is 0 Å². The number of rotatable bonds is 6. The second-order valence-corrected chi connectivity index (χ2v) is 8.69. The van der Waals surface area contributed by atoms with E-state index in [2.05, 4.69) is 17.1 Å². The Balaban J connectivity index is 1.55. The minimum Gasteiger partial charge on any atom is -0.481 e. The molecule has 1 unspecified atom stereocenters. The van der Waals surface area contributed by atoms with Gasteiger partial charge >= 0.3 is 0 Å². The number of methoxy groups -OCH3 is 1. The Bertz CT molecular complexity index is 1490. The third kappa shape index (κ3) is 3.97. The van der Waals surface area contributed by atoms with Crippen LogP contribution in [0.3, 0.4) is 0 Å². The van der Waals surface area contributed by atoms with E-state index in [-0.39, 0.29) is 24.3 Å². The maximum atomic E-state index is 13.8. The van der Waals surface area contributed by atoms with Gasteiger partial charge in [-0.3, -0.25) is 14.5 Å². The van der Waals surface area contributed by atoms with E-state index in [0.29, 0.717) is 17.7 Å². The van der Waals surface area contributed by atoms with Gasteiger partial charge in [-0.1, -0.05) is 66.7 Å². The first-order chi connectivity index (χ1) is 17.4. The van der Waals surface area contributed by atoms with Crippen molar-refractivity contribution in [2.24, 2.45) is 10.8 Å². The van der Waals surface area contributed by atoms with Gasteiger partial charge in [0.1, 0.15) is 0 Å². The van der Waals surface area contributed by atoms with Crippen LogP contribution in [0.4, 0.5) is 0 Å². The number of hydrazine groups is 1. The van der Waals surface area contributed by atoms with Crippen LogP contribution in [0.2, 0.25) is 0 Å². The molecule has 2 heterocycles. The molecule has 2 N–H and O–H groups in total. The first kappa shape index (κ1) is 23.2. The van der Waals surface area contributed by atoms with E-state index in [4.69, 9.17) is 15.6 Å². The molecule has 1 aliphatic rings. The van der Waals surface area contributed by atoms with Gasteiger partial charge in [-0.2, -0.15) is 0 Å². The lowest BCUT2D eigenvalue weighted by molar-refractivity contribution is -0.131. The first-order valence-electron chi connectivity index (χ1n) is 11.4. The highest BCUT2D eigenvalue weighted by atomic mass is 16.5. The van der Waals surface area contributed by atoms with Gasteiger partial charge in [0.2, 0.25) is 18.2 Å². The first-order valence-corrected chi connectivity index (χ1v) is 11.4. The Labute approximate surface area is 208 Å². The van der Waals surface area contributed by atoms with Crippen molar-refractivity contribution in [1.82, 2.24) is 14.9 Å². The molecule has 1 atom stereocenters. The Morgan fingerprint density at radius 1 is 1.00 bits per heavy atom. The summed E-state index contributed by atoms with van der Waals surface area (Å²) in [5.74, 6) is 5.89. The summed E-state index contributed by atoms with van der Waals surface area (Å²) in [6, 6.07) is 27.3. The molecule has 3 aromatic carbocycles. The summed E-state index contributed by atoms with van der Waals surface area (Å²) in [5.41, 5.74) is 1.59. The number of guanidine groups is 1. The normalized spacial score (nSPS) is 17.2. The molecule has 4 aromatic rings. The SMILES string of the molecule is COc1nc(-c2ccc3ccccc3c2)ccc1C1(C)N=C(N(N)C=O)N(Cc2ccccc2)C1=O. The summed E-state index contributed by atoms with van der Waals surface area (Å²) in [7, 11) is 1.51. The number of aromatic nitrogens is 1. The average molecular weight is 480 g/mol. The zero-order chi connectivity index (χ0) is 25.3. The van der Waals surface area contributed by atoms with Crippen LogP contribution in [0.1, 0.15) is 18.1 Å². The highest BCUT2D eigenvalue weighted by Crippen LogP contribution is 2.39. The monoisotopic (exact) mass is 479 g/mol. The minimum atomic E-state index is -1.38. The standard InChI is InChI=1S/C28H25N5O3/c1-28(26(35)32(27(31-28)33(29)18-34)17-19-8-4-3-5-9-19)23-14-15-24(30-25(23)36-2)22-13-12-20-10-6-7-11-21(20)16-22/h3-16,18H,17,29H2,1-2H3. The highest BCUT2D eigenvalue weighted by Gasteiger charge is 2.49. The Morgan fingerprint density at radius 3 is 2.44 bits per heavy atom. The van der Waals surface area contributed by atoms with Crippen molar-refractivity contribution in [3.8, 4) is 17.1 Å². The van der Waals surface area contributed by atoms with Gasteiger partial charge < -0.3 is 4.74 Å². The molecule has 5 rings (SSSR count). The lowest BCUT2D eigenvalue weighted by Gasteiger charge is -2.25. The minimum absolute atomic E-state index is 0.0574. The molecule has 0 bridgehead atoms.